The molecule has 0 bridgehead atoms. The maximum atomic E-state index is 12.6. The molecule has 2 rings (SSSR count). The van der Waals surface area contributed by atoms with Gasteiger partial charge in [-0.3, -0.25) is 0 Å². The fourth-order valence-electron chi connectivity index (χ4n) is 2.09. The maximum absolute atomic E-state index is 12.6. The second-order valence-corrected chi connectivity index (χ2v) is 6.91. The summed E-state index contributed by atoms with van der Waals surface area (Å²) in [6.45, 7) is 4.84. The van der Waals surface area contributed by atoms with Crippen LogP contribution in [0, 0.1) is 0 Å². The molecule has 106 valence electrons. The van der Waals surface area contributed by atoms with Crippen LogP contribution < -0.4 is 5.32 Å². The molecule has 1 aliphatic rings. The van der Waals surface area contributed by atoms with Crippen molar-refractivity contribution in [3.63, 3.8) is 0 Å². The molecule has 19 heavy (non-hydrogen) atoms. The fraction of sp³-hybridized carbons (Fsp3) is 0.583. The third-order valence-electron chi connectivity index (χ3n) is 3.02. The minimum absolute atomic E-state index is 0.0650. The van der Waals surface area contributed by atoms with Gasteiger partial charge in [-0.15, -0.1) is 0 Å². The highest BCUT2D eigenvalue weighted by Crippen LogP contribution is 2.26. The topological polar surface area (TPSA) is 71.5 Å². The summed E-state index contributed by atoms with van der Waals surface area (Å²) in [4.78, 5) is 4.01. The van der Waals surface area contributed by atoms with Gasteiger partial charge in [-0.1, -0.05) is 0 Å². The smallest absolute Gasteiger partial charge is 0.262 e. The molecule has 0 aromatic carbocycles. The maximum Gasteiger partial charge on any atom is 0.262 e. The van der Waals surface area contributed by atoms with Crippen LogP contribution in [0.2, 0.25) is 0 Å². The number of pyridine rings is 1. The Morgan fingerprint density at radius 1 is 1.47 bits per heavy atom. The predicted octanol–water partition coefficient (Wildman–Crippen LogP) is 0.923. The van der Waals surface area contributed by atoms with E-state index in [9.17, 15) is 8.42 Å². The van der Waals surface area contributed by atoms with Gasteiger partial charge in [-0.25, -0.2) is 13.4 Å². The molecule has 1 fully saturated rings. The zero-order valence-electron chi connectivity index (χ0n) is 11.4. The SMILES string of the molecule is CNc1cccnc1S(=O)(=O)N1CCOC(C)(C)C1. The minimum atomic E-state index is -3.60. The van der Waals surface area contributed by atoms with Gasteiger partial charge in [-0.05, 0) is 26.0 Å². The van der Waals surface area contributed by atoms with Crippen LogP contribution in [0.15, 0.2) is 23.4 Å². The molecule has 0 atom stereocenters. The van der Waals surface area contributed by atoms with Crippen molar-refractivity contribution in [2.24, 2.45) is 0 Å². The first kappa shape index (κ1) is 14.2. The first-order valence-electron chi connectivity index (χ1n) is 6.14. The van der Waals surface area contributed by atoms with E-state index in [-0.39, 0.29) is 5.03 Å². The molecule has 6 nitrogen and oxygen atoms in total. The Morgan fingerprint density at radius 3 is 2.84 bits per heavy atom. The summed E-state index contributed by atoms with van der Waals surface area (Å²) in [7, 11) is -1.92. The van der Waals surface area contributed by atoms with E-state index in [2.05, 4.69) is 10.3 Å². The highest BCUT2D eigenvalue weighted by atomic mass is 32.2. The number of morpholine rings is 1. The number of hydrogen-bond acceptors (Lipinski definition) is 5. The Morgan fingerprint density at radius 2 is 2.21 bits per heavy atom. The summed E-state index contributed by atoms with van der Waals surface area (Å²) < 4.78 is 32.2. The fourth-order valence-corrected chi connectivity index (χ4v) is 3.77. The summed E-state index contributed by atoms with van der Waals surface area (Å²) in [5.41, 5.74) is 0.0340. The van der Waals surface area contributed by atoms with Crippen molar-refractivity contribution >= 4 is 15.7 Å². The highest BCUT2D eigenvalue weighted by molar-refractivity contribution is 7.89. The van der Waals surface area contributed by atoms with Crippen molar-refractivity contribution < 1.29 is 13.2 Å². The number of rotatable bonds is 3. The van der Waals surface area contributed by atoms with Crippen molar-refractivity contribution in [3.05, 3.63) is 18.3 Å². The highest BCUT2D eigenvalue weighted by Gasteiger charge is 2.36. The summed E-state index contributed by atoms with van der Waals surface area (Å²) >= 11 is 0. The van der Waals surface area contributed by atoms with Crippen LogP contribution in [0.4, 0.5) is 5.69 Å². The summed E-state index contributed by atoms with van der Waals surface area (Å²) in [6.07, 6.45) is 1.49. The van der Waals surface area contributed by atoms with Gasteiger partial charge in [0.05, 0.1) is 17.9 Å². The van der Waals surface area contributed by atoms with Crippen molar-refractivity contribution in [1.29, 1.82) is 0 Å². The van der Waals surface area contributed by atoms with Gasteiger partial charge in [0, 0.05) is 26.3 Å². The van der Waals surface area contributed by atoms with Crippen LogP contribution in [-0.4, -0.2) is 50.1 Å². The van der Waals surface area contributed by atoms with E-state index >= 15 is 0 Å². The molecule has 0 saturated carbocycles. The largest absolute Gasteiger partial charge is 0.386 e. The second-order valence-electron chi connectivity index (χ2n) is 5.05. The van der Waals surface area contributed by atoms with Gasteiger partial charge in [0.2, 0.25) is 0 Å². The quantitative estimate of drug-likeness (QED) is 0.894. The first-order valence-corrected chi connectivity index (χ1v) is 7.58. The van der Waals surface area contributed by atoms with Crippen molar-refractivity contribution in [2.45, 2.75) is 24.5 Å². The summed E-state index contributed by atoms with van der Waals surface area (Å²) in [5, 5.41) is 2.93. The Kier molecular flexibility index (Phi) is 3.80. The van der Waals surface area contributed by atoms with E-state index in [1.54, 1.807) is 19.2 Å². The second kappa shape index (κ2) is 5.07. The average Bonchev–Trinajstić information content (AvgIpc) is 2.37. The van der Waals surface area contributed by atoms with Crippen LogP contribution in [0.25, 0.3) is 0 Å². The van der Waals surface area contributed by atoms with Gasteiger partial charge in [0.15, 0.2) is 5.03 Å². The molecule has 0 aliphatic carbocycles. The van der Waals surface area contributed by atoms with E-state index in [0.717, 1.165) is 0 Å². The molecule has 1 aliphatic heterocycles. The Labute approximate surface area is 113 Å². The molecule has 0 radical (unpaired) electrons. The number of aromatic nitrogens is 1. The van der Waals surface area contributed by atoms with E-state index < -0.39 is 15.6 Å². The molecular formula is C12H19N3O3S. The molecule has 0 amide bonds. The van der Waals surface area contributed by atoms with Gasteiger partial charge in [0.1, 0.15) is 0 Å². The lowest BCUT2D eigenvalue weighted by Crippen LogP contribution is -2.50. The van der Waals surface area contributed by atoms with Gasteiger partial charge < -0.3 is 10.1 Å². The number of anilines is 1. The molecule has 0 unspecified atom stereocenters. The third kappa shape index (κ3) is 2.88. The number of sulfonamides is 1. The molecule has 1 saturated heterocycles. The Hall–Kier alpha value is -1.18. The molecule has 0 spiro atoms. The number of nitrogens with one attached hydrogen (secondary N) is 1. The van der Waals surface area contributed by atoms with E-state index in [1.165, 1.54) is 10.5 Å². The van der Waals surface area contributed by atoms with Crippen molar-refractivity contribution in [1.82, 2.24) is 9.29 Å². The lowest BCUT2D eigenvalue weighted by molar-refractivity contribution is -0.0640. The lowest BCUT2D eigenvalue weighted by atomic mass is 10.1. The third-order valence-corrected chi connectivity index (χ3v) is 4.82. The molecule has 1 N–H and O–H groups in total. The number of nitrogens with zero attached hydrogens (tertiary/aromatic N) is 2. The van der Waals surface area contributed by atoms with Crippen molar-refractivity contribution in [3.8, 4) is 0 Å². The molecule has 1 aromatic rings. The minimum Gasteiger partial charge on any atom is -0.386 e. The van der Waals surface area contributed by atoms with Crippen LogP contribution in [0.1, 0.15) is 13.8 Å². The Bertz CT molecular complexity index is 557. The van der Waals surface area contributed by atoms with Crippen molar-refractivity contribution in [2.75, 3.05) is 32.1 Å². The van der Waals surface area contributed by atoms with Crippen LogP contribution in [0.5, 0.6) is 0 Å². The normalized spacial score (nSPS) is 20.2. The molecule has 1 aromatic heterocycles. The first-order chi connectivity index (χ1) is 8.87. The monoisotopic (exact) mass is 285 g/mol. The van der Waals surface area contributed by atoms with E-state index in [0.29, 0.717) is 25.4 Å². The molecule has 7 heteroatoms. The Balaban J connectivity index is 2.37. The molecular weight excluding hydrogens is 266 g/mol. The number of hydrogen-bond donors (Lipinski definition) is 1. The van der Waals surface area contributed by atoms with Gasteiger partial charge in [0.25, 0.3) is 10.0 Å². The van der Waals surface area contributed by atoms with Crippen LogP contribution >= 0.6 is 0 Å². The average molecular weight is 285 g/mol. The summed E-state index contributed by atoms with van der Waals surface area (Å²) in [6, 6.07) is 3.40. The van der Waals surface area contributed by atoms with Crippen LogP contribution in [-0.2, 0) is 14.8 Å². The summed E-state index contributed by atoms with van der Waals surface area (Å²) in [5.74, 6) is 0. The number of ether oxygens (including phenoxy) is 1. The zero-order valence-corrected chi connectivity index (χ0v) is 12.2. The van der Waals surface area contributed by atoms with Crippen LogP contribution in [0.3, 0.4) is 0 Å². The lowest BCUT2D eigenvalue weighted by Gasteiger charge is -2.37. The predicted molar refractivity (Wildman–Crippen MR) is 72.6 cm³/mol. The standard InChI is InChI=1S/C12H19N3O3S/c1-12(2)9-15(7-8-18-12)19(16,17)11-10(13-3)5-4-6-14-11/h4-6,13H,7-9H2,1-3H3. The van der Waals surface area contributed by atoms with Gasteiger partial charge in [-0.2, -0.15) is 4.31 Å². The molecule has 2 heterocycles. The van der Waals surface area contributed by atoms with E-state index in [1.807, 2.05) is 13.8 Å². The zero-order chi connectivity index (χ0) is 14.1. The van der Waals surface area contributed by atoms with E-state index in [4.69, 9.17) is 4.74 Å². The van der Waals surface area contributed by atoms with Gasteiger partial charge >= 0.3 is 0 Å².